The number of likely N-dealkylation sites (tertiary alicyclic amines) is 1. The molecule has 0 spiro atoms. The van der Waals surface area contributed by atoms with E-state index >= 15 is 0 Å². The molecular weight excluding hydrogens is 174 g/mol. The standard InChI is InChI=1S/C11H25N3/c1-12-7-4-5-11(13-2)10-6-8-14(3)9-10/h10-13H,4-9H2,1-3H3. The molecule has 1 fully saturated rings. The second-order valence-electron chi connectivity index (χ2n) is 4.45. The first-order valence-electron chi connectivity index (χ1n) is 5.78. The average molecular weight is 199 g/mol. The van der Waals surface area contributed by atoms with Crippen molar-refractivity contribution in [3.63, 3.8) is 0 Å². The van der Waals surface area contributed by atoms with Crippen molar-refractivity contribution in [2.45, 2.75) is 25.3 Å². The lowest BCUT2D eigenvalue weighted by Gasteiger charge is -2.22. The van der Waals surface area contributed by atoms with E-state index in [0.717, 1.165) is 12.5 Å². The van der Waals surface area contributed by atoms with Crippen molar-refractivity contribution in [3.8, 4) is 0 Å². The van der Waals surface area contributed by atoms with Crippen LogP contribution in [0.2, 0.25) is 0 Å². The zero-order chi connectivity index (χ0) is 10.4. The molecule has 2 atom stereocenters. The molecule has 2 unspecified atom stereocenters. The molecule has 0 aromatic rings. The molecule has 2 N–H and O–H groups in total. The first-order chi connectivity index (χ1) is 6.77. The van der Waals surface area contributed by atoms with Crippen LogP contribution in [0.25, 0.3) is 0 Å². The summed E-state index contributed by atoms with van der Waals surface area (Å²) in [5, 5.41) is 6.68. The molecule has 1 saturated heterocycles. The van der Waals surface area contributed by atoms with Crippen LogP contribution in [0.1, 0.15) is 19.3 Å². The Hall–Kier alpha value is -0.120. The van der Waals surface area contributed by atoms with E-state index in [9.17, 15) is 0 Å². The summed E-state index contributed by atoms with van der Waals surface area (Å²) in [6.07, 6.45) is 3.94. The van der Waals surface area contributed by atoms with Gasteiger partial charge in [0.2, 0.25) is 0 Å². The highest BCUT2D eigenvalue weighted by Crippen LogP contribution is 2.20. The Morgan fingerprint density at radius 3 is 2.71 bits per heavy atom. The molecule has 3 heteroatoms. The van der Waals surface area contributed by atoms with Crippen LogP contribution in [-0.4, -0.2) is 51.7 Å². The molecule has 0 amide bonds. The molecule has 84 valence electrons. The van der Waals surface area contributed by atoms with Crippen LogP contribution in [0.3, 0.4) is 0 Å². The molecular formula is C11H25N3. The molecule has 1 aliphatic rings. The molecule has 0 radical (unpaired) electrons. The van der Waals surface area contributed by atoms with Crippen LogP contribution >= 0.6 is 0 Å². The second kappa shape index (κ2) is 6.38. The van der Waals surface area contributed by atoms with E-state index in [1.54, 1.807) is 0 Å². The van der Waals surface area contributed by atoms with Gasteiger partial charge in [-0.1, -0.05) is 0 Å². The summed E-state index contributed by atoms with van der Waals surface area (Å²) >= 11 is 0. The fraction of sp³-hybridized carbons (Fsp3) is 1.00. The number of hydrogen-bond donors (Lipinski definition) is 2. The minimum Gasteiger partial charge on any atom is -0.320 e. The lowest BCUT2D eigenvalue weighted by Crippen LogP contribution is -2.35. The highest BCUT2D eigenvalue weighted by molar-refractivity contribution is 4.83. The molecule has 0 aromatic carbocycles. The van der Waals surface area contributed by atoms with Gasteiger partial charge in [0.1, 0.15) is 0 Å². The van der Waals surface area contributed by atoms with Gasteiger partial charge in [-0.15, -0.1) is 0 Å². The summed E-state index contributed by atoms with van der Waals surface area (Å²) in [7, 11) is 6.35. The van der Waals surface area contributed by atoms with E-state index in [4.69, 9.17) is 0 Å². The van der Waals surface area contributed by atoms with Crippen molar-refractivity contribution >= 4 is 0 Å². The lowest BCUT2D eigenvalue weighted by molar-refractivity contribution is 0.329. The summed E-state index contributed by atoms with van der Waals surface area (Å²) in [5.41, 5.74) is 0. The third-order valence-electron chi connectivity index (χ3n) is 3.31. The van der Waals surface area contributed by atoms with Gasteiger partial charge in [0.05, 0.1) is 0 Å². The lowest BCUT2D eigenvalue weighted by atomic mass is 9.95. The van der Waals surface area contributed by atoms with Gasteiger partial charge in [-0.3, -0.25) is 0 Å². The number of hydrogen-bond acceptors (Lipinski definition) is 3. The van der Waals surface area contributed by atoms with Crippen molar-refractivity contribution in [3.05, 3.63) is 0 Å². The Balaban J connectivity index is 2.23. The van der Waals surface area contributed by atoms with Crippen molar-refractivity contribution < 1.29 is 0 Å². The monoisotopic (exact) mass is 199 g/mol. The van der Waals surface area contributed by atoms with Gasteiger partial charge in [0, 0.05) is 12.6 Å². The normalized spacial score (nSPS) is 25.5. The van der Waals surface area contributed by atoms with E-state index in [0.29, 0.717) is 6.04 Å². The van der Waals surface area contributed by atoms with Crippen LogP contribution < -0.4 is 10.6 Å². The SMILES string of the molecule is CNCCCC(NC)C1CCN(C)C1. The van der Waals surface area contributed by atoms with Gasteiger partial charge in [0.25, 0.3) is 0 Å². The molecule has 0 aliphatic carbocycles. The summed E-state index contributed by atoms with van der Waals surface area (Å²) in [6.45, 7) is 3.68. The maximum atomic E-state index is 3.47. The molecule has 1 rings (SSSR count). The fourth-order valence-corrected chi connectivity index (χ4v) is 2.41. The van der Waals surface area contributed by atoms with Crippen LogP contribution in [0.5, 0.6) is 0 Å². The van der Waals surface area contributed by atoms with Crippen LogP contribution in [0.4, 0.5) is 0 Å². The maximum absolute atomic E-state index is 3.47. The Kier molecular flexibility index (Phi) is 5.45. The van der Waals surface area contributed by atoms with Gasteiger partial charge in [-0.2, -0.15) is 0 Å². The summed E-state index contributed by atoms with van der Waals surface area (Å²) in [5.74, 6) is 0.863. The Morgan fingerprint density at radius 1 is 1.43 bits per heavy atom. The zero-order valence-electron chi connectivity index (χ0n) is 9.84. The van der Waals surface area contributed by atoms with Crippen molar-refractivity contribution in [2.24, 2.45) is 5.92 Å². The van der Waals surface area contributed by atoms with Gasteiger partial charge >= 0.3 is 0 Å². The highest BCUT2D eigenvalue weighted by atomic mass is 15.1. The van der Waals surface area contributed by atoms with E-state index < -0.39 is 0 Å². The van der Waals surface area contributed by atoms with E-state index in [2.05, 4.69) is 29.6 Å². The van der Waals surface area contributed by atoms with Crippen LogP contribution in [0, 0.1) is 5.92 Å². The summed E-state index contributed by atoms with van der Waals surface area (Å²) in [6, 6.07) is 0.716. The number of nitrogens with one attached hydrogen (secondary N) is 2. The van der Waals surface area contributed by atoms with Crippen LogP contribution in [-0.2, 0) is 0 Å². The number of rotatable bonds is 6. The Bertz CT molecular complexity index is 149. The van der Waals surface area contributed by atoms with Crippen molar-refractivity contribution in [1.82, 2.24) is 15.5 Å². The molecule has 1 heterocycles. The quantitative estimate of drug-likeness (QED) is 0.611. The van der Waals surface area contributed by atoms with Gasteiger partial charge in [-0.25, -0.2) is 0 Å². The molecule has 0 saturated carbocycles. The second-order valence-corrected chi connectivity index (χ2v) is 4.45. The predicted molar refractivity (Wildman–Crippen MR) is 61.6 cm³/mol. The first kappa shape index (κ1) is 12.0. The summed E-state index contributed by atoms with van der Waals surface area (Å²) < 4.78 is 0. The Morgan fingerprint density at radius 2 is 2.21 bits per heavy atom. The molecule has 3 nitrogen and oxygen atoms in total. The van der Waals surface area contributed by atoms with Gasteiger partial charge < -0.3 is 15.5 Å². The van der Waals surface area contributed by atoms with E-state index in [1.165, 1.54) is 32.4 Å². The number of nitrogens with zero attached hydrogens (tertiary/aromatic N) is 1. The van der Waals surface area contributed by atoms with Crippen LogP contribution in [0.15, 0.2) is 0 Å². The van der Waals surface area contributed by atoms with E-state index in [-0.39, 0.29) is 0 Å². The van der Waals surface area contributed by atoms with Gasteiger partial charge in [-0.05, 0) is 59.4 Å². The van der Waals surface area contributed by atoms with E-state index in [1.807, 2.05) is 7.05 Å². The van der Waals surface area contributed by atoms with Crippen molar-refractivity contribution in [2.75, 3.05) is 40.8 Å². The molecule has 0 aromatic heterocycles. The molecule has 0 bridgehead atoms. The zero-order valence-corrected chi connectivity index (χ0v) is 9.84. The minimum absolute atomic E-state index is 0.716. The van der Waals surface area contributed by atoms with Gasteiger partial charge in [0.15, 0.2) is 0 Å². The molecule has 1 aliphatic heterocycles. The smallest absolute Gasteiger partial charge is 0.0105 e. The maximum Gasteiger partial charge on any atom is 0.0105 e. The summed E-state index contributed by atoms with van der Waals surface area (Å²) in [4.78, 5) is 2.44. The third-order valence-corrected chi connectivity index (χ3v) is 3.31. The third kappa shape index (κ3) is 3.56. The minimum atomic E-state index is 0.716. The Labute approximate surface area is 88.2 Å². The average Bonchev–Trinajstić information content (AvgIpc) is 2.60. The highest BCUT2D eigenvalue weighted by Gasteiger charge is 2.25. The first-order valence-corrected chi connectivity index (χ1v) is 5.78. The largest absolute Gasteiger partial charge is 0.320 e. The molecule has 14 heavy (non-hydrogen) atoms. The van der Waals surface area contributed by atoms with Crippen molar-refractivity contribution in [1.29, 1.82) is 0 Å². The predicted octanol–water partition coefficient (Wildman–Crippen LogP) is 0.526. The topological polar surface area (TPSA) is 27.3 Å². The fourth-order valence-electron chi connectivity index (χ4n) is 2.41.